The molecule has 0 atom stereocenters. The van der Waals surface area contributed by atoms with E-state index in [9.17, 15) is 9.59 Å². The van der Waals surface area contributed by atoms with Crippen LogP contribution in [0.4, 0.5) is 17.5 Å². The molecule has 2 aromatic carbocycles. The van der Waals surface area contributed by atoms with Crippen LogP contribution in [0.15, 0.2) is 67.0 Å². The summed E-state index contributed by atoms with van der Waals surface area (Å²) in [6.45, 7) is 0.944. The third-order valence-corrected chi connectivity index (χ3v) is 8.29. The van der Waals surface area contributed by atoms with Gasteiger partial charge in [0.2, 0.25) is 5.95 Å². The Balaban J connectivity index is 1.20. The zero-order valence-corrected chi connectivity index (χ0v) is 24.6. The fourth-order valence-electron chi connectivity index (χ4n) is 5.99. The van der Waals surface area contributed by atoms with Crippen molar-refractivity contribution in [2.24, 2.45) is 0 Å². The minimum atomic E-state index is -0.168. The van der Waals surface area contributed by atoms with Crippen LogP contribution in [0.1, 0.15) is 44.9 Å². The molecule has 1 aliphatic carbocycles. The van der Waals surface area contributed by atoms with Crippen LogP contribution in [0.5, 0.6) is 5.75 Å². The number of imidazole rings is 1. The van der Waals surface area contributed by atoms with Crippen LogP contribution >= 0.6 is 0 Å². The molecule has 0 unspecified atom stereocenters. The minimum Gasteiger partial charge on any atom is -0.494 e. The summed E-state index contributed by atoms with van der Waals surface area (Å²) in [5, 5.41) is 7.48. The highest BCUT2D eigenvalue weighted by atomic mass is 16.5. The topological polar surface area (TPSA) is 144 Å². The molecule has 12 heteroatoms. The van der Waals surface area contributed by atoms with Crippen molar-refractivity contribution < 1.29 is 14.3 Å². The molecule has 12 nitrogen and oxygen atoms in total. The monoisotopic (exact) mass is 589 g/mol. The van der Waals surface area contributed by atoms with Crippen LogP contribution in [0.3, 0.4) is 0 Å². The smallest absolute Gasteiger partial charge is 0.271 e. The molecule has 1 saturated carbocycles. The first kappa shape index (κ1) is 27.3. The predicted molar refractivity (Wildman–Crippen MR) is 165 cm³/mol. The number of nitrogens with zero attached hydrogens (tertiary/aromatic N) is 7. The Kier molecular flexibility index (Phi) is 6.42. The molecule has 1 fully saturated rings. The van der Waals surface area contributed by atoms with Gasteiger partial charge in [0.15, 0.2) is 11.5 Å². The normalized spacial score (nSPS) is 14.9. The molecule has 2 aliphatic rings. The van der Waals surface area contributed by atoms with Crippen molar-refractivity contribution in [3.05, 3.63) is 89.5 Å². The molecule has 44 heavy (non-hydrogen) atoms. The van der Waals surface area contributed by atoms with E-state index in [2.05, 4.69) is 31.4 Å². The second-order valence-corrected chi connectivity index (χ2v) is 11.4. The number of methoxy groups -OCH3 is 1. The number of para-hydroxylation sites is 1. The predicted octanol–water partition coefficient (Wildman–Crippen LogP) is 3.91. The lowest BCUT2D eigenvalue weighted by Gasteiger charge is -2.35. The SMILES string of the molecule is COc1c(Nc2nc(N)nn3ccnc23)cccc1-c1ccc2c(c1)C1(CC1)CN(Cc1cccc(C(=O)N(C)C)n1)C2=O. The number of nitrogens with two attached hydrogens (primary N) is 1. The number of hydrogen-bond donors (Lipinski definition) is 2. The van der Waals surface area contributed by atoms with Crippen molar-refractivity contribution in [2.75, 3.05) is 38.8 Å². The molecule has 0 bridgehead atoms. The van der Waals surface area contributed by atoms with Gasteiger partial charge in [0.25, 0.3) is 11.8 Å². The molecule has 3 N–H and O–H groups in total. The first-order chi connectivity index (χ1) is 21.3. The van der Waals surface area contributed by atoms with Crippen molar-refractivity contribution >= 4 is 34.9 Å². The molecule has 0 saturated heterocycles. The first-order valence-corrected chi connectivity index (χ1v) is 14.3. The van der Waals surface area contributed by atoms with Gasteiger partial charge in [-0.1, -0.05) is 24.3 Å². The van der Waals surface area contributed by atoms with E-state index in [1.165, 1.54) is 4.90 Å². The highest BCUT2D eigenvalue weighted by molar-refractivity contribution is 5.99. The Morgan fingerprint density at radius 2 is 1.91 bits per heavy atom. The van der Waals surface area contributed by atoms with E-state index in [0.717, 1.165) is 29.5 Å². The average Bonchev–Trinajstić information content (AvgIpc) is 3.64. The lowest BCUT2D eigenvalue weighted by molar-refractivity contribution is 0.0696. The summed E-state index contributed by atoms with van der Waals surface area (Å²) >= 11 is 0. The molecular weight excluding hydrogens is 558 g/mol. The van der Waals surface area contributed by atoms with E-state index in [1.54, 1.807) is 44.2 Å². The summed E-state index contributed by atoms with van der Waals surface area (Å²) in [5.41, 5.74) is 11.7. The van der Waals surface area contributed by atoms with E-state index in [4.69, 9.17) is 10.5 Å². The Morgan fingerprint density at radius 1 is 1.09 bits per heavy atom. The van der Waals surface area contributed by atoms with Gasteiger partial charge in [-0.05, 0) is 54.3 Å². The minimum absolute atomic E-state index is 0.0392. The largest absolute Gasteiger partial charge is 0.494 e. The maximum absolute atomic E-state index is 13.8. The molecular formula is C32H31N9O3. The van der Waals surface area contributed by atoms with Crippen LogP contribution in [0.25, 0.3) is 16.8 Å². The van der Waals surface area contributed by atoms with Gasteiger partial charge in [-0.2, -0.15) is 4.98 Å². The number of nitrogens with one attached hydrogen (secondary N) is 1. The fraction of sp³-hybridized carbons (Fsp3) is 0.250. The Labute approximate surface area is 253 Å². The quantitative estimate of drug-likeness (QED) is 0.289. The second kappa shape index (κ2) is 10.3. The van der Waals surface area contributed by atoms with E-state index in [1.807, 2.05) is 47.4 Å². The van der Waals surface area contributed by atoms with Gasteiger partial charge in [0.1, 0.15) is 11.4 Å². The summed E-state index contributed by atoms with van der Waals surface area (Å²) in [6, 6.07) is 17.2. The summed E-state index contributed by atoms with van der Waals surface area (Å²) in [5.74, 6) is 0.988. The molecule has 0 radical (unpaired) electrons. The lowest BCUT2D eigenvalue weighted by Crippen LogP contribution is -2.43. The van der Waals surface area contributed by atoms with Gasteiger partial charge in [-0.25, -0.2) is 14.5 Å². The van der Waals surface area contributed by atoms with Crippen LogP contribution in [0.2, 0.25) is 0 Å². The molecule has 5 aromatic rings. The number of pyridine rings is 1. The van der Waals surface area contributed by atoms with Crippen molar-refractivity contribution in [3.63, 3.8) is 0 Å². The van der Waals surface area contributed by atoms with Crippen LogP contribution in [-0.2, 0) is 12.0 Å². The van der Waals surface area contributed by atoms with Gasteiger partial charge >= 0.3 is 0 Å². The van der Waals surface area contributed by atoms with E-state index in [-0.39, 0.29) is 23.2 Å². The lowest BCUT2D eigenvalue weighted by atomic mass is 9.84. The number of aromatic nitrogens is 5. The highest BCUT2D eigenvalue weighted by Crippen LogP contribution is 2.53. The highest BCUT2D eigenvalue weighted by Gasteiger charge is 2.51. The number of carbonyl (C=O) groups excluding carboxylic acids is 2. The van der Waals surface area contributed by atoms with Gasteiger partial charge in [-0.15, -0.1) is 5.10 Å². The van der Waals surface area contributed by atoms with Gasteiger partial charge in [0, 0.05) is 49.6 Å². The van der Waals surface area contributed by atoms with Crippen LogP contribution in [-0.4, -0.2) is 73.9 Å². The summed E-state index contributed by atoms with van der Waals surface area (Å²) in [7, 11) is 5.02. The van der Waals surface area contributed by atoms with E-state index >= 15 is 0 Å². The van der Waals surface area contributed by atoms with Gasteiger partial charge < -0.3 is 25.6 Å². The van der Waals surface area contributed by atoms with E-state index < -0.39 is 0 Å². The maximum atomic E-state index is 13.8. The molecule has 3 aromatic heterocycles. The summed E-state index contributed by atoms with van der Waals surface area (Å²) < 4.78 is 7.48. The third kappa shape index (κ3) is 4.64. The molecule has 1 spiro atoms. The number of anilines is 3. The number of carbonyl (C=O) groups is 2. The Hall–Kier alpha value is -5.52. The van der Waals surface area contributed by atoms with Crippen LogP contribution in [0, 0.1) is 0 Å². The summed E-state index contributed by atoms with van der Waals surface area (Å²) in [4.78, 5) is 42.8. The first-order valence-electron chi connectivity index (χ1n) is 14.3. The molecule has 1 aliphatic heterocycles. The maximum Gasteiger partial charge on any atom is 0.271 e. The molecule has 4 heterocycles. The van der Waals surface area contributed by atoms with Gasteiger partial charge in [-0.3, -0.25) is 9.59 Å². The standard InChI is InChI=1S/C32H31N9O3/c1-39(2)30(43)25-9-4-6-20(35-25)17-40-18-32(12-13-32)23-16-19(10-11-22(23)29(40)42)21-7-5-8-24(26(21)44-3)36-27-28-34-14-15-41(28)38-31(33)37-27/h4-11,14-16H,12-13,17-18H2,1-3H3,(H3,33,36,37,38). The van der Waals surface area contributed by atoms with E-state index in [0.29, 0.717) is 52.9 Å². The molecule has 222 valence electrons. The number of hydrogen-bond acceptors (Lipinski definition) is 9. The fourth-order valence-corrected chi connectivity index (χ4v) is 5.99. The van der Waals surface area contributed by atoms with Crippen molar-refractivity contribution in [1.82, 2.24) is 34.4 Å². The Bertz CT molecular complexity index is 1950. The molecule has 7 rings (SSSR count). The number of amides is 2. The average molecular weight is 590 g/mol. The summed E-state index contributed by atoms with van der Waals surface area (Å²) in [6.07, 6.45) is 5.32. The van der Waals surface area contributed by atoms with Crippen LogP contribution < -0.4 is 15.8 Å². The number of rotatable bonds is 7. The zero-order chi connectivity index (χ0) is 30.6. The van der Waals surface area contributed by atoms with Crippen molar-refractivity contribution in [1.29, 1.82) is 0 Å². The number of fused-ring (bicyclic) bond motifs is 3. The number of benzene rings is 2. The third-order valence-electron chi connectivity index (χ3n) is 8.29. The zero-order valence-electron chi connectivity index (χ0n) is 24.6. The van der Waals surface area contributed by atoms with Crippen molar-refractivity contribution in [2.45, 2.75) is 24.8 Å². The number of nitrogen functional groups attached to an aromatic ring is 1. The second-order valence-electron chi connectivity index (χ2n) is 11.4. The van der Waals surface area contributed by atoms with Gasteiger partial charge in [0.05, 0.1) is 25.0 Å². The Morgan fingerprint density at radius 3 is 2.68 bits per heavy atom. The molecule has 2 amide bonds. The number of ether oxygens (including phenoxy) is 1. The van der Waals surface area contributed by atoms with Crippen molar-refractivity contribution in [3.8, 4) is 16.9 Å².